The number of rotatable bonds is 4. The average Bonchev–Trinajstić information content (AvgIpc) is 1.84. The van der Waals surface area contributed by atoms with Gasteiger partial charge in [0.15, 0.2) is 0 Å². The summed E-state index contributed by atoms with van der Waals surface area (Å²) in [5.41, 5.74) is 0. The minimum Gasteiger partial charge on any atom is -0.274 e. The lowest BCUT2D eigenvalue weighted by Gasteiger charge is -2.05. The molecule has 5 heteroatoms. The summed E-state index contributed by atoms with van der Waals surface area (Å²) in [4.78, 5) is 10.9. The van der Waals surface area contributed by atoms with Crippen LogP contribution in [0.2, 0.25) is 0 Å². The number of hydrogen-bond acceptors (Lipinski definition) is 3. The third-order valence-electron chi connectivity index (χ3n) is 1.24. The number of nitrogens with one attached hydrogen (secondary N) is 1. The molecule has 0 aliphatic rings. The van der Waals surface area contributed by atoms with Crippen LogP contribution < -0.4 is 4.72 Å². The van der Waals surface area contributed by atoms with E-state index in [1.165, 1.54) is 6.92 Å². The van der Waals surface area contributed by atoms with Gasteiger partial charge in [0.05, 0.1) is 5.75 Å². The molecule has 0 rings (SSSR count). The quantitative estimate of drug-likeness (QED) is 0.707. The van der Waals surface area contributed by atoms with Gasteiger partial charge in [-0.05, 0) is 12.8 Å². The van der Waals surface area contributed by atoms with Crippen molar-refractivity contribution in [3.63, 3.8) is 0 Å². The predicted octanol–water partition coefficient (Wildman–Crippen LogP) is 0.498. The Kier molecular flexibility index (Phi) is 4.23. The zero-order chi connectivity index (χ0) is 9.78. The van der Waals surface area contributed by atoms with Crippen molar-refractivity contribution >= 4 is 15.9 Å². The van der Waals surface area contributed by atoms with Crippen LogP contribution in [-0.4, -0.2) is 20.1 Å². The normalized spacial score (nSPS) is 11.7. The molecule has 0 radical (unpaired) electrons. The van der Waals surface area contributed by atoms with Gasteiger partial charge in [-0.1, -0.05) is 13.8 Å². The molecule has 0 aliphatic heterocycles. The Balaban J connectivity index is 4.02. The van der Waals surface area contributed by atoms with Crippen LogP contribution in [0.1, 0.15) is 27.2 Å². The summed E-state index contributed by atoms with van der Waals surface area (Å²) in [5.74, 6) is -0.305. The van der Waals surface area contributed by atoms with E-state index in [-0.39, 0.29) is 18.1 Å². The van der Waals surface area contributed by atoms with Crippen molar-refractivity contribution in [3.8, 4) is 0 Å². The standard InChI is InChI=1S/C7H15NO3S/c1-4-12(10,11)8-7(9)5-6(2)3/h6H,4-5H2,1-3H3,(H,8,9). The highest BCUT2D eigenvalue weighted by molar-refractivity contribution is 7.90. The van der Waals surface area contributed by atoms with E-state index in [0.717, 1.165) is 0 Å². The van der Waals surface area contributed by atoms with E-state index in [4.69, 9.17) is 0 Å². The smallest absolute Gasteiger partial charge is 0.234 e. The summed E-state index contributed by atoms with van der Waals surface area (Å²) < 4.78 is 23.7. The van der Waals surface area contributed by atoms with Gasteiger partial charge in [0.2, 0.25) is 15.9 Å². The Hall–Kier alpha value is -0.580. The highest BCUT2D eigenvalue weighted by Gasteiger charge is 2.12. The van der Waals surface area contributed by atoms with Gasteiger partial charge in [-0.25, -0.2) is 8.42 Å². The van der Waals surface area contributed by atoms with Crippen LogP contribution in [0.3, 0.4) is 0 Å². The SMILES string of the molecule is CCS(=O)(=O)NC(=O)CC(C)C. The number of carbonyl (C=O) groups excluding carboxylic acids is 1. The molecule has 72 valence electrons. The molecule has 0 atom stereocenters. The van der Waals surface area contributed by atoms with E-state index in [2.05, 4.69) is 0 Å². The Labute approximate surface area is 73.4 Å². The van der Waals surface area contributed by atoms with Crippen molar-refractivity contribution in [2.75, 3.05) is 5.75 Å². The van der Waals surface area contributed by atoms with Crippen molar-refractivity contribution < 1.29 is 13.2 Å². The number of hydrogen-bond donors (Lipinski definition) is 1. The second kappa shape index (κ2) is 4.45. The molecular formula is C7H15NO3S. The van der Waals surface area contributed by atoms with Crippen molar-refractivity contribution in [2.45, 2.75) is 27.2 Å². The van der Waals surface area contributed by atoms with Crippen LogP contribution in [0.15, 0.2) is 0 Å². The highest BCUT2D eigenvalue weighted by Crippen LogP contribution is 1.98. The van der Waals surface area contributed by atoms with Gasteiger partial charge in [-0.2, -0.15) is 0 Å². The molecule has 0 saturated heterocycles. The molecule has 0 saturated carbocycles. The summed E-state index contributed by atoms with van der Waals surface area (Å²) in [6.45, 7) is 5.21. The van der Waals surface area contributed by atoms with Crippen LogP contribution >= 0.6 is 0 Å². The third-order valence-corrected chi connectivity index (χ3v) is 2.54. The number of carbonyl (C=O) groups is 1. The van der Waals surface area contributed by atoms with Gasteiger partial charge >= 0.3 is 0 Å². The molecule has 0 heterocycles. The molecule has 0 aliphatic carbocycles. The van der Waals surface area contributed by atoms with Gasteiger partial charge in [-0.15, -0.1) is 0 Å². The molecule has 12 heavy (non-hydrogen) atoms. The second-order valence-corrected chi connectivity index (χ2v) is 5.04. The first-order valence-electron chi connectivity index (χ1n) is 3.90. The molecule has 0 spiro atoms. The van der Waals surface area contributed by atoms with Crippen molar-refractivity contribution in [1.29, 1.82) is 0 Å². The van der Waals surface area contributed by atoms with Crippen molar-refractivity contribution in [1.82, 2.24) is 4.72 Å². The minimum absolute atomic E-state index is 0.0587. The van der Waals surface area contributed by atoms with E-state index in [1.807, 2.05) is 18.6 Å². The van der Waals surface area contributed by atoms with Crippen LogP contribution in [0.25, 0.3) is 0 Å². The van der Waals surface area contributed by atoms with Crippen molar-refractivity contribution in [3.05, 3.63) is 0 Å². The molecule has 0 bridgehead atoms. The first kappa shape index (κ1) is 11.4. The first-order chi connectivity index (χ1) is 5.37. The molecule has 1 amide bonds. The Morgan fingerprint density at radius 2 is 1.92 bits per heavy atom. The monoisotopic (exact) mass is 193 g/mol. The zero-order valence-corrected chi connectivity index (χ0v) is 8.44. The number of sulfonamides is 1. The Morgan fingerprint density at radius 1 is 1.42 bits per heavy atom. The van der Waals surface area contributed by atoms with Gasteiger partial charge in [0.1, 0.15) is 0 Å². The predicted molar refractivity (Wildman–Crippen MR) is 47.1 cm³/mol. The summed E-state index contributed by atoms with van der Waals surface area (Å²) >= 11 is 0. The lowest BCUT2D eigenvalue weighted by molar-refractivity contribution is -0.120. The van der Waals surface area contributed by atoms with Crippen LogP contribution in [0, 0.1) is 5.92 Å². The maximum Gasteiger partial charge on any atom is 0.234 e. The van der Waals surface area contributed by atoms with Gasteiger partial charge in [0, 0.05) is 6.42 Å². The topological polar surface area (TPSA) is 63.2 Å². The maximum atomic E-state index is 10.9. The average molecular weight is 193 g/mol. The summed E-state index contributed by atoms with van der Waals surface area (Å²) in [6, 6.07) is 0. The van der Waals surface area contributed by atoms with Crippen LogP contribution in [-0.2, 0) is 14.8 Å². The number of amides is 1. The van der Waals surface area contributed by atoms with E-state index in [0.29, 0.717) is 0 Å². The summed E-state index contributed by atoms with van der Waals surface area (Å²) in [7, 11) is -3.36. The van der Waals surface area contributed by atoms with E-state index in [1.54, 1.807) is 0 Å². The third kappa shape index (κ3) is 5.12. The minimum atomic E-state index is -3.36. The fraction of sp³-hybridized carbons (Fsp3) is 0.857. The molecule has 4 nitrogen and oxygen atoms in total. The van der Waals surface area contributed by atoms with Crippen LogP contribution in [0.5, 0.6) is 0 Å². The van der Waals surface area contributed by atoms with E-state index in [9.17, 15) is 13.2 Å². The molecule has 0 fully saturated rings. The van der Waals surface area contributed by atoms with Gasteiger partial charge in [-0.3, -0.25) is 9.52 Å². The molecule has 1 N–H and O–H groups in total. The Bertz CT molecular complexity index is 243. The van der Waals surface area contributed by atoms with E-state index >= 15 is 0 Å². The second-order valence-electron chi connectivity index (χ2n) is 3.03. The Morgan fingerprint density at radius 3 is 2.25 bits per heavy atom. The fourth-order valence-corrected chi connectivity index (χ4v) is 1.23. The van der Waals surface area contributed by atoms with Gasteiger partial charge < -0.3 is 0 Å². The van der Waals surface area contributed by atoms with Gasteiger partial charge in [0.25, 0.3) is 0 Å². The summed E-state index contributed by atoms with van der Waals surface area (Å²) in [6.07, 6.45) is 0.249. The first-order valence-corrected chi connectivity index (χ1v) is 5.56. The zero-order valence-electron chi connectivity index (χ0n) is 7.62. The van der Waals surface area contributed by atoms with E-state index < -0.39 is 15.9 Å². The molecule has 0 unspecified atom stereocenters. The summed E-state index contributed by atoms with van der Waals surface area (Å²) in [5, 5.41) is 0. The maximum absolute atomic E-state index is 10.9. The fourth-order valence-electron chi connectivity index (χ4n) is 0.658. The lowest BCUT2D eigenvalue weighted by Crippen LogP contribution is -2.32. The van der Waals surface area contributed by atoms with Crippen molar-refractivity contribution in [2.24, 2.45) is 5.92 Å². The van der Waals surface area contributed by atoms with Crippen LogP contribution in [0.4, 0.5) is 0 Å². The molecular weight excluding hydrogens is 178 g/mol. The molecule has 0 aromatic carbocycles. The molecule has 0 aromatic heterocycles. The lowest BCUT2D eigenvalue weighted by atomic mass is 10.1. The molecule has 0 aromatic rings. The highest BCUT2D eigenvalue weighted by atomic mass is 32.2. The largest absolute Gasteiger partial charge is 0.274 e.